The molecule has 0 aliphatic heterocycles. The van der Waals surface area contributed by atoms with E-state index in [0.717, 1.165) is 33.4 Å². The molecule has 0 fully saturated rings. The summed E-state index contributed by atoms with van der Waals surface area (Å²) in [5.74, 6) is 1.32. The van der Waals surface area contributed by atoms with E-state index in [2.05, 4.69) is 6.07 Å². The van der Waals surface area contributed by atoms with Gasteiger partial charge in [0.05, 0.1) is 41.0 Å². The van der Waals surface area contributed by atoms with E-state index in [0.29, 0.717) is 32.8 Å². The van der Waals surface area contributed by atoms with Gasteiger partial charge in [0.2, 0.25) is 0 Å². The highest BCUT2D eigenvalue weighted by Gasteiger charge is 2.18. The SMILES string of the molecule is COc1cc(OC)cc(-c2cc(C=Cc3ccc(Cl)c(Cl)c3)c(C#N)c3nc4ccccc4n23)c1. The Bertz CT molecular complexity index is 1640. The molecule has 2 aromatic heterocycles. The van der Waals surface area contributed by atoms with Gasteiger partial charge in [-0.25, -0.2) is 4.98 Å². The summed E-state index contributed by atoms with van der Waals surface area (Å²) in [4.78, 5) is 4.80. The number of aromatic nitrogens is 2. The third kappa shape index (κ3) is 4.19. The van der Waals surface area contributed by atoms with Gasteiger partial charge < -0.3 is 9.47 Å². The van der Waals surface area contributed by atoms with E-state index in [4.69, 9.17) is 37.7 Å². The molecule has 0 saturated heterocycles. The normalized spacial score (nSPS) is 11.3. The number of benzene rings is 3. The van der Waals surface area contributed by atoms with Gasteiger partial charge >= 0.3 is 0 Å². The monoisotopic (exact) mass is 499 g/mol. The summed E-state index contributed by atoms with van der Waals surface area (Å²) >= 11 is 12.2. The minimum Gasteiger partial charge on any atom is -0.497 e. The van der Waals surface area contributed by atoms with Crippen molar-refractivity contribution in [2.24, 2.45) is 0 Å². The van der Waals surface area contributed by atoms with Crippen LogP contribution in [-0.2, 0) is 0 Å². The molecule has 7 heteroatoms. The van der Waals surface area contributed by atoms with Gasteiger partial charge in [0, 0.05) is 11.6 Å². The minimum atomic E-state index is 0.466. The van der Waals surface area contributed by atoms with Gasteiger partial charge in [-0.15, -0.1) is 0 Å². The molecule has 0 radical (unpaired) electrons. The van der Waals surface area contributed by atoms with Gasteiger partial charge in [-0.1, -0.05) is 53.6 Å². The molecular formula is C28H19Cl2N3O2. The van der Waals surface area contributed by atoms with Crippen LogP contribution in [0, 0.1) is 11.3 Å². The lowest BCUT2D eigenvalue weighted by atomic mass is 10.0. The summed E-state index contributed by atoms with van der Waals surface area (Å²) in [7, 11) is 3.23. The molecular weight excluding hydrogens is 481 g/mol. The minimum absolute atomic E-state index is 0.466. The third-order valence-electron chi connectivity index (χ3n) is 5.76. The smallest absolute Gasteiger partial charge is 0.157 e. The maximum Gasteiger partial charge on any atom is 0.157 e. The number of imidazole rings is 1. The van der Waals surface area contributed by atoms with Crippen molar-refractivity contribution in [2.45, 2.75) is 0 Å². The van der Waals surface area contributed by atoms with Crippen LogP contribution >= 0.6 is 23.2 Å². The molecule has 0 bridgehead atoms. The van der Waals surface area contributed by atoms with Crippen molar-refractivity contribution in [1.29, 1.82) is 5.26 Å². The van der Waals surface area contributed by atoms with E-state index in [-0.39, 0.29) is 0 Å². The number of para-hydroxylation sites is 2. The van der Waals surface area contributed by atoms with Crippen LogP contribution in [0.1, 0.15) is 16.7 Å². The Kier molecular flexibility index (Phi) is 6.08. The van der Waals surface area contributed by atoms with Crippen LogP contribution in [0.15, 0.2) is 66.7 Å². The Morgan fingerprint density at radius 3 is 2.31 bits per heavy atom. The number of hydrogen-bond donors (Lipinski definition) is 0. The van der Waals surface area contributed by atoms with Crippen LogP contribution < -0.4 is 9.47 Å². The predicted octanol–water partition coefficient (Wildman–Crippen LogP) is 7.52. The average molecular weight is 500 g/mol. The number of nitrogens with zero attached hydrogens (tertiary/aromatic N) is 3. The number of halogens is 2. The first-order valence-corrected chi connectivity index (χ1v) is 11.5. The van der Waals surface area contributed by atoms with Gasteiger partial charge in [0.15, 0.2) is 5.65 Å². The largest absolute Gasteiger partial charge is 0.497 e. The maximum absolute atomic E-state index is 10.1. The van der Waals surface area contributed by atoms with Crippen LogP contribution in [0.2, 0.25) is 10.0 Å². The molecule has 5 nitrogen and oxygen atoms in total. The zero-order valence-corrected chi connectivity index (χ0v) is 20.4. The van der Waals surface area contributed by atoms with Crippen molar-refractivity contribution in [3.8, 4) is 28.8 Å². The Morgan fingerprint density at radius 2 is 1.63 bits per heavy atom. The Morgan fingerprint density at radius 1 is 0.886 bits per heavy atom. The lowest BCUT2D eigenvalue weighted by Gasteiger charge is -2.13. The van der Waals surface area contributed by atoms with Crippen LogP contribution in [0.5, 0.6) is 11.5 Å². The summed E-state index contributed by atoms with van der Waals surface area (Å²) in [6, 6.07) is 23.2. The zero-order chi connectivity index (χ0) is 24.5. The molecule has 0 spiro atoms. The summed E-state index contributed by atoms with van der Waals surface area (Å²) in [5.41, 5.74) is 6.03. The number of pyridine rings is 1. The summed E-state index contributed by atoms with van der Waals surface area (Å²) < 4.78 is 13.0. The van der Waals surface area contributed by atoms with Crippen LogP contribution in [-0.4, -0.2) is 23.6 Å². The van der Waals surface area contributed by atoms with Gasteiger partial charge in [-0.05, 0) is 53.6 Å². The second kappa shape index (κ2) is 9.34. The van der Waals surface area contributed by atoms with Gasteiger partial charge in [0.1, 0.15) is 23.1 Å². The fraction of sp³-hybridized carbons (Fsp3) is 0.0714. The number of ether oxygens (including phenoxy) is 2. The Balaban J connectivity index is 1.81. The van der Waals surface area contributed by atoms with Gasteiger partial charge in [-0.2, -0.15) is 5.26 Å². The third-order valence-corrected chi connectivity index (χ3v) is 6.50. The Labute approximate surface area is 212 Å². The van der Waals surface area contributed by atoms with E-state index in [1.807, 2.05) is 71.2 Å². The summed E-state index contributed by atoms with van der Waals surface area (Å²) in [6.45, 7) is 0. The van der Waals surface area contributed by atoms with Crippen molar-refractivity contribution in [1.82, 2.24) is 9.38 Å². The lowest BCUT2D eigenvalue weighted by Crippen LogP contribution is -1.99. The van der Waals surface area contributed by atoms with Crippen molar-refractivity contribution in [3.63, 3.8) is 0 Å². The number of methoxy groups -OCH3 is 2. The van der Waals surface area contributed by atoms with Gasteiger partial charge in [-0.3, -0.25) is 4.40 Å². The summed E-state index contributed by atoms with van der Waals surface area (Å²) in [5, 5.41) is 11.1. The average Bonchev–Trinajstić information content (AvgIpc) is 3.27. The molecule has 0 N–H and O–H groups in total. The lowest BCUT2D eigenvalue weighted by molar-refractivity contribution is 0.394. The van der Waals surface area contributed by atoms with Crippen LogP contribution in [0.3, 0.4) is 0 Å². The molecule has 0 aliphatic rings. The first-order chi connectivity index (χ1) is 17.0. The molecule has 172 valence electrons. The fourth-order valence-electron chi connectivity index (χ4n) is 4.07. The first kappa shape index (κ1) is 22.8. The fourth-order valence-corrected chi connectivity index (χ4v) is 4.37. The van der Waals surface area contributed by atoms with E-state index in [9.17, 15) is 5.26 Å². The van der Waals surface area contributed by atoms with Crippen molar-refractivity contribution in [2.75, 3.05) is 14.2 Å². The molecule has 0 amide bonds. The highest BCUT2D eigenvalue weighted by atomic mass is 35.5. The maximum atomic E-state index is 10.1. The van der Waals surface area contributed by atoms with Crippen LogP contribution in [0.25, 0.3) is 40.1 Å². The van der Waals surface area contributed by atoms with E-state index in [1.54, 1.807) is 26.4 Å². The molecule has 5 rings (SSSR count). The highest BCUT2D eigenvalue weighted by molar-refractivity contribution is 6.42. The molecule has 5 aromatic rings. The highest BCUT2D eigenvalue weighted by Crippen LogP contribution is 2.35. The predicted molar refractivity (Wildman–Crippen MR) is 141 cm³/mol. The van der Waals surface area contributed by atoms with Crippen molar-refractivity contribution < 1.29 is 9.47 Å². The second-order valence-corrected chi connectivity index (χ2v) is 8.65. The van der Waals surface area contributed by atoms with E-state index >= 15 is 0 Å². The molecule has 0 atom stereocenters. The topological polar surface area (TPSA) is 59.5 Å². The number of rotatable bonds is 5. The standard InChI is InChI=1S/C28H19Cl2N3O2/c1-34-20-12-19(13-21(15-20)35-2)27-14-18(9-7-17-8-10-23(29)24(30)11-17)22(16-31)28-32-25-5-3-4-6-26(25)33(27)28/h3-15H,1-2H3. The second-order valence-electron chi connectivity index (χ2n) is 7.84. The van der Waals surface area contributed by atoms with E-state index < -0.39 is 0 Å². The number of fused-ring (bicyclic) bond motifs is 3. The quantitative estimate of drug-likeness (QED) is 0.250. The summed E-state index contributed by atoms with van der Waals surface area (Å²) in [6.07, 6.45) is 3.78. The zero-order valence-electron chi connectivity index (χ0n) is 18.9. The van der Waals surface area contributed by atoms with Crippen LogP contribution in [0.4, 0.5) is 0 Å². The van der Waals surface area contributed by atoms with Crippen molar-refractivity contribution >= 4 is 52.0 Å². The molecule has 2 heterocycles. The first-order valence-electron chi connectivity index (χ1n) is 10.7. The molecule has 0 aliphatic carbocycles. The van der Waals surface area contributed by atoms with E-state index in [1.165, 1.54) is 0 Å². The molecule has 0 unspecified atom stereocenters. The molecule has 35 heavy (non-hydrogen) atoms. The Hall–Kier alpha value is -3.98. The number of hydrogen-bond acceptors (Lipinski definition) is 4. The molecule has 3 aromatic carbocycles. The van der Waals surface area contributed by atoms with Gasteiger partial charge in [0.25, 0.3) is 0 Å². The van der Waals surface area contributed by atoms with Crippen molar-refractivity contribution in [3.05, 3.63) is 93.5 Å². The number of nitriles is 1. The molecule has 0 saturated carbocycles.